The Labute approximate surface area is 100 Å². The van der Waals surface area contributed by atoms with Gasteiger partial charge in [0, 0.05) is 6.42 Å². The molecule has 1 unspecified atom stereocenters. The van der Waals surface area contributed by atoms with E-state index in [1.165, 1.54) is 0 Å². The summed E-state index contributed by atoms with van der Waals surface area (Å²) in [6, 6.07) is -0.292. The first kappa shape index (κ1) is 11.7. The molecule has 1 N–H and O–H groups in total. The first-order chi connectivity index (χ1) is 8.13. The molecule has 92 valence electrons. The molecule has 17 heavy (non-hydrogen) atoms. The van der Waals surface area contributed by atoms with Crippen LogP contribution in [0.1, 0.15) is 19.8 Å². The highest BCUT2D eigenvalue weighted by atomic mass is 16.5. The van der Waals surface area contributed by atoms with Gasteiger partial charge in [-0.05, 0) is 19.4 Å². The largest absolute Gasteiger partial charge is 0.494 e. The predicted molar refractivity (Wildman–Crippen MR) is 61.7 cm³/mol. The van der Waals surface area contributed by atoms with E-state index in [1.54, 1.807) is 6.08 Å². The summed E-state index contributed by atoms with van der Waals surface area (Å²) in [6.07, 6.45) is 2.63. The van der Waals surface area contributed by atoms with Crippen molar-refractivity contribution in [1.29, 1.82) is 0 Å². The van der Waals surface area contributed by atoms with Gasteiger partial charge in [-0.3, -0.25) is 14.9 Å². The normalized spacial score (nSPS) is 25.5. The third-order valence-electron chi connectivity index (χ3n) is 3.10. The molecule has 0 aromatic carbocycles. The first-order valence-electron chi connectivity index (χ1n) is 5.70. The Morgan fingerprint density at radius 1 is 1.53 bits per heavy atom. The molecular formula is C12H16N2O3. The molecule has 2 aliphatic rings. The van der Waals surface area contributed by atoms with Crippen molar-refractivity contribution in [3.05, 3.63) is 24.1 Å². The average molecular weight is 236 g/mol. The molecular weight excluding hydrogens is 220 g/mol. The topological polar surface area (TPSA) is 58.6 Å². The molecule has 0 bridgehead atoms. The Bertz CT molecular complexity index is 401. The molecule has 0 aromatic heterocycles. The summed E-state index contributed by atoms with van der Waals surface area (Å²) in [5, 5.41) is 2.37. The van der Waals surface area contributed by atoms with Gasteiger partial charge in [-0.2, -0.15) is 0 Å². The summed E-state index contributed by atoms with van der Waals surface area (Å²) in [5.41, 5.74) is 0.839. The number of rotatable bonds is 2. The smallest absolute Gasteiger partial charge is 0.249 e. The monoisotopic (exact) mass is 236 g/mol. The number of nitrogens with one attached hydrogen (secondary N) is 1. The van der Waals surface area contributed by atoms with Crippen molar-refractivity contribution in [3.63, 3.8) is 0 Å². The Hall–Kier alpha value is -1.78. The Morgan fingerprint density at radius 2 is 2.29 bits per heavy atom. The van der Waals surface area contributed by atoms with Gasteiger partial charge in [0.2, 0.25) is 11.8 Å². The molecule has 0 spiro atoms. The second kappa shape index (κ2) is 4.61. The van der Waals surface area contributed by atoms with Gasteiger partial charge in [0.1, 0.15) is 18.4 Å². The lowest BCUT2D eigenvalue weighted by Crippen LogP contribution is -2.53. The fourth-order valence-electron chi connectivity index (χ4n) is 2.26. The summed E-state index contributed by atoms with van der Waals surface area (Å²) in [6.45, 7) is 6.80. The van der Waals surface area contributed by atoms with E-state index in [0.717, 1.165) is 11.5 Å². The molecule has 1 atom stereocenters. The molecule has 2 rings (SSSR count). The second-order valence-corrected chi connectivity index (χ2v) is 4.15. The number of hydrogen-bond acceptors (Lipinski definition) is 4. The van der Waals surface area contributed by atoms with Gasteiger partial charge >= 0.3 is 0 Å². The van der Waals surface area contributed by atoms with Gasteiger partial charge in [-0.1, -0.05) is 6.58 Å². The minimum atomic E-state index is -0.292. The molecule has 1 fully saturated rings. The second-order valence-electron chi connectivity index (χ2n) is 4.15. The first-order valence-corrected chi connectivity index (χ1v) is 5.70. The van der Waals surface area contributed by atoms with E-state index >= 15 is 0 Å². The van der Waals surface area contributed by atoms with Crippen molar-refractivity contribution in [2.75, 3.05) is 13.2 Å². The molecule has 5 nitrogen and oxygen atoms in total. The van der Waals surface area contributed by atoms with Gasteiger partial charge in [0.15, 0.2) is 0 Å². The number of piperidine rings is 1. The number of carbonyl (C=O) groups is 2. The average Bonchev–Trinajstić information content (AvgIpc) is 2.29. The Kier molecular flexibility index (Phi) is 3.17. The lowest BCUT2D eigenvalue weighted by molar-refractivity contribution is -0.137. The highest BCUT2D eigenvalue weighted by molar-refractivity contribution is 6.00. The van der Waals surface area contributed by atoms with Gasteiger partial charge in [0.25, 0.3) is 0 Å². The Morgan fingerprint density at radius 3 is 2.94 bits per heavy atom. The predicted octanol–water partition coefficient (Wildman–Crippen LogP) is 0.541. The van der Waals surface area contributed by atoms with Crippen molar-refractivity contribution >= 4 is 11.8 Å². The highest BCUT2D eigenvalue weighted by Gasteiger charge is 2.34. The molecule has 5 heteroatoms. The molecule has 0 aliphatic carbocycles. The van der Waals surface area contributed by atoms with E-state index in [-0.39, 0.29) is 17.9 Å². The van der Waals surface area contributed by atoms with Crippen LogP contribution in [0.5, 0.6) is 0 Å². The van der Waals surface area contributed by atoms with Gasteiger partial charge in [0.05, 0.1) is 12.2 Å². The molecule has 2 heterocycles. The lowest BCUT2D eigenvalue weighted by Gasteiger charge is -2.38. The van der Waals surface area contributed by atoms with Crippen molar-refractivity contribution in [2.24, 2.45) is 0 Å². The van der Waals surface area contributed by atoms with Crippen LogP contribution in [0.15, 0.2) is 24.1 Å². The van der Waals surface area contributed by atoms with Crippen LogP contribution in [0, 0.1) is 0 Å². The number of amides is 2. The van der Waals surface area contributed by atoms with E-state index in [9.17, 15) is 9.59 Å². The van der Waals surface area contributed by atoms with Crippen LogP contribution in [-0.2, 0) is 14.3 Å². The molecule has 2 aliphatic heterocycles. The van der Waals surface area contributed by atoms with E-state index in [0.29, 0.717) is 26.0 Å². The van der Waals surface area contributed by atoms with Gasteiger partial charge < -0.3 is 9.64 Å². The quantitative estimate of drug-likeness (QED) is 0.711. The third-order valence-corrected chi connectivity index (χ3v) is 3.10. The number of imide groups is 1. The summed E-state index contributed by atoms with van der Waals surface area (Å²) in [5.74, 6) is 0.353. The number of hydrogen-bond donors (Lipinski definition) is 1. The maximum atomic E-state index is 11.8. The molecule has 0 saturated carbocycles. The van der Waals surface area contributed by atoms with Crippen LogP contribution in [0.4, 0.5) is 0 Å². The fourth-order valence-corrected chi connectivity index (χ4v) is 2.26. The summed E-state index contributed by atoms with van der Waals surface area (Å²) in [4.78, 5) is 24.9. The van der Waals surface area contributed by atoms with Gasteiger partial charge in [-0.25, -0.2) is 0 Å². The van der Waals surface area contributed by atoms with E-state index in [2.05, 4.69) is 11.9 Å². The lowest BCUT2D eigenvalue weighted by atomic mass is 10.0. The van der Waals surface area contributed by atoms with E-state index in [4.69, 9.17) is 4.74 Å². The summed E-state index contributed by atoms with van der Waals surface area (Å²) in [7, 11) is 0. The van der Waals surface area contributed by atoms with Crippen molar-refractivity contribution < 1.29 is 14.3 Å². The SMILES string of the molecule is C=CC1=C(C)OCCN1C1CCC(=O)NC1=O. The van der Waals surface area contributed by atoms with Crippen LogP contribution < -0.4 is 5.32 Å². The summed E-state index contributed by atoms with van der Waals surface area (Å²) < 4.78 is 5.43. The zero-order valence-corrected chi connectivity index (χ0v) is 9.86. The maximum absolute atomic E-state index is 11.8. The summed E-state index contributed by atoms with van der Waals surface area (Å²) >= 11 is 0. The zero-order valence-electron chi connectivity index (χ0n) is 9.86. The van der Waals surface area contributed by atoms with Crippen molar-refractivity contribution in [3.8, 4) is 0 Å². The number of nitrogens with zero attached hydrogens (tertiary/aromatic N) is 1. The standard InChI is InChI=1S/C12H16N2O3/c1-3-9-8(2)17-7-6-14(9)10-4-5-11(15)13-12(10)16/h3,10H,1,4-7H2,2H3,(H,13,15,16). The van der Waals surface area contributed by atoms with Crippen molar-refractivity contribution in [2.45, 2.75) is 25.8 Å². The van der Waals surface area contributed by atoms with Crippen LogP contribution in [-0.4, -0.2) is 35.9 Å². The van der Waals surface area contributed by atoms with Crippen LogP contribution in [0.2, 0.25) is 0 Å². The van der Waals surface area contributed by atoms with Crippen LogP contribution in [0.3, 0.4) is 0 Å². The zero-order chi connectivity index (χ0) is 12.4. The minimum Gasteiger partial charge on any atom is -0.494 e. The van der Waals surface area contributed by atoms with Crippen LogP contribution >= 0.6 is 0 Å². The molecule has 0 radical (unpaired) electrons. The number of ether oxygens (including phenoxy) is 1. The highest BCUT2D eigenvalue weighted by Crippen LogP contribution is 2.24. The van der Waals surface area contributed by atoms with Crippen LogP contribution in [0.25, 0.3) is 0 Å². The molecule has 1 saturated heterocycles. The van der Waals surface area contributed by atoms with Gasteiger partial charge in [-0.15, -0.1) is 0 Å². The third kappa shape index (κ3) is 2.18. The molecule has 2 amide bonds. The minimum absolute atomic E-state index is 0.194. The van der Waals surface area contributed by atoms with E-state index in [1.807, 2.05) is 11.8 Å². The Balaban J connectivity index is 2.21. The fraction of sp³-hybridized carbons (Fsp3) is 0.500. The van der Waals surface area contributed by atoms with E-state index < -0.39 is 0 Å². The number of allylic oxidation sites excluding steroid dienone is 2. The van der Waals surface area contributed by atoms with Crippen molar-refractivity contribution in [1.82, 2.24) is 10.2 Å². The molecule has 0 aromatic rings. The number of carbonyl (C=O) groups excluding carboxylic acids is 2. The maximum Gasteiger partial charge on any atom is 0.249 e.